The van der Waals surface area contributed by atoms with Crippen molar-refractivity contribution < 1.29 is 13.3 Å². The fourth-order valence-corrected chi connectivity index (χ4v) is 2.14. The number of hydrogen-bond donors (Lipinski definition) is 1. The lowest BCUT2D eigenvalue weighted by molar-refractivity contribution is -0.384. The van der Waals surface area contributed by atoms with Gasteiger partial charge in [-0.05, 0) is 18.6 Å². The molecule has 0 radical (unpaired) electrons. The van der Waals surface area contributed by atoms with E-state index in [4.69, 9.17) is 0 Å². The molecule has 7 heteroatoms. The Morgan fingerprint density at radius 3 is 2.61 bits per heavy atom. The van der Waals surface area contributed by atoms with E-state index in [0.717, 1.165) is 5.56 Å². The molecule has 6 nitrogen and oxygen atoms in total. The summed E-state index contributed by atoms with van der Waals surface area (Å²) >= 11 is 0. The van der Waals surface area contributed by atoms with Gasteiger partial charge in [0.2, 0.25) is 0 Å². The number of nitrogens with zero attached hydrogens (tertiary/aromatic N) is 1. The summed E-state index contributed by atoms with van der Waals surface area (Å²) in [5, 5.41) is 13.6. The first-order valence-electron chi connectivity index (χ1n) is 5.55. The second kappa shape index (κ2) is 5.81. The Hall–Kier alpha value is -1.63. The molecule has 0 amide bonds. The third kappa shape index (κ3) is 3.99. The highest BCUT2D eigenvalue weighted by molar-refractivity contribution is 7.91. The number of aryl methyl sites for hydroxylation is 1. The van der Waals surface area contributed by atoms with Gasteiger partial charge in [0.25, 0.3) is 5.69 Å². The van der Waals surface area contributed by atoms with Crippen LogP contribution in [0, 0.1) is 17.0 Å². The number of nitro groups is 1. The minimum atomic E-state index is -3.07. The topological polar surface area (TPSA) is 89.3 Å². The van der Waals surface area contributed by atoms with Crippen molar-refractivity contribution >= 4 is 21.2 Å². The number of nitro benzene ring substituents is 1. The minimum absolute atomic E-state index is 0.0331. The molecule has 0 atom stereocenters. The Morgan fingerprint density at radius 1 is 1.39 bits per heavy atom. The highest BCUT2D eigenvalue weighted by Crippen LogP contribution is 2.24. The maximum absolute atomic E-state index is 11.3. The first-order chi connectivity index (χ1) is 8.35. The lowest BCUT2D eigenvalue weighted by Gasteiger charge is -2.07. The first-order valence-corrected chi connectivity index (χ1v) is 7.37. The third-order valence-electron chi connectivity index (χ3n) is 2.52. The molecule has 0 aromatic heterocycles. The van der Waals surface area contributed by atoms with Crippen LogP contribution in [-0.2, 0) is 9.84 Å². The van der Waals surface area contributed by atoms with E-state index in [0.29, 0.717) is 5.69 Å². The second-order valence-corrected chi connectivity index (χ2v) is 6.41. The first kappa shape index (κ1) is 14.4. The summed E-state index contributed by atoms with van der Waals surface area (Å²) in [7, 11) is -3.07. The molecule has 18 heavy (non-hydrogen) atoms. The van der Waals surface area contributed by atoms with Crippen LogP contribution in [0.15, 0.2) is 18.2 Å². The van der Waals surface area contributed by atoms with Gasteiger partial charge in [0.1, 0.15) is 5.69 Å². The van der Waals surface area contributed by atoms with Crippen molar-refractivity contribution in [3.8, 4) is 0 Å². The van der Waals surface area contributed by atoms with Crippen LogP contribution in [0.2, 0.25) is 0 Å². The molecule has 1 N–H and O–H groups in total. The highest BCUT2D eigenvalue weighted by atomic mass is 32.2. The van der Waals surface area contributed by atoms with Crippen LogP contribution in [0.3, 0.4) is 0 Å². The van der Waals surface area contributed by atoms with E-state index in [-0.39, 0.29) is 23.7 Å². The van der Waals surface area contributed by atoms with Gasteiger partial charge >= 0.3 is 0 Å². The smallest absolute Gasteiger partial charge is 0.292 e. The Kier molecular flexibility index (Phi) is 4.66. The molecule has 1 aromatic rings. The Bertz CT molecular complexity index is 540. The van der Waals surface area contributed by atoms with Gasteiger partial charge < -0.3 is 5.32 Å². The summed E-state index contributed by atoms with van der Waals surface area (Å²) in [4.78, 5) is 10.3. The van der Waals surface area contributed by atoms with E-state index in [9.17, 15) is 18.5 Å². The Morgan fingerprint density at radius 2 is 2.06 bits per heavy atom. The molecule has 1 aromatic carbocycles. The quantitative estimate of drug-likeness (QED) is 0.629. The van der Waals surface area contributed by atoms with Gasteiger partial charge in [0.05, 0.1) is 10.7 Å². The molecule has 0 heterocycles. The molecule has 0 aliphatic carbocycles. The third-order valence-corrected chi connectivity index (χ3v) is 4.22. The largest absolute Gasteiger partial charge is 0.378 e. The fraction of sp³-hybridized carbons (Fsp3) is 0.455. The number of benzene rings is 1. The second-order valence-electron chi connectivity index (χ2n) is 3.94. The molecule has 0 aliphatic heterocycles. The summed E-state index contributed by atoms with van der Waals surface area (Å²) in [5.41, 5.74) is 1.18. The average molecular weight is 272 g/mol. The van der Waals surface area contributed by atoms with Crippen LogP contribution >= 0.6 is 0 Å². The van der Waals surface area contributed by atoms with Gasteiger partial charge in [-0.2, -0.15) is 0 Å². The van der Waals surface area contributed by atoms with Crippen molar-refractivity contribution in [2.45, 2.75) is 13.8 Å². The number of nitrogens with one attached hydrogen (secondary N) is 1. The number of sulfone groups is 1. The van der Waals surface area contributed by atoms with Crippen LogP contribution in [0.25, 0.3) is 0 Å². The van der Waals surface area contributed by atoms with E-state index in [2.05, 4.69) is 5.32 Å². The molecule has 0 spiro atoms. The van der Waals surface area contributed by atoms with Crippen LogP contribution in [-0.4, -0.2) is 31.4 Å². The van der Waals surface area contributed by atoms with Gasteiger partial charge in [-0.1, -0.05) is 13.0 Å². The normalized spacial score (nSPS) is 11.2. The van der Waals surface area contributed by atoms with E-state index >= 15 is 0 Å². The summed E-state index contributed by atoms with van der Waals surface area (Å²) in [6, 6.07) is 4.69. The predicted octanol–water partition coefficient (Wildman–Crippen LogP) is 1.75. The molecule has 0 aliphatic rings. The zero-order valence-electron chi connectivity index (χ0n) is 10.3. The molecular weight excluding hydrogens is 256 g/mol. The van der Waals surface area contributed by atoms with Gasteiger partial charge in [-0.3, -0.25) is 10.1 Å². The van der Waals surface area contributed by atoms with E-state index in [1.165, 1.54) is 6.07 Å². The fourth-order valence-electron chi connectivity index (χ4n) is 1.44. The maximum atomic E-state index is 11.3. The summed E-state index contributed by atoms with van der Waals surface area (Å²) in [6.45, 7) is 3.56. The van der Waals surface area contributed by atoms with Crippen molar-refractivity contribution in [3.05, 3.63) is 33.9 Å². The molecule has 0 bridgehead atoms. The van der Waals surface area contributed by atoms with Gasteiger partial charge in [-0.15, -0.1) is 0 Å². The summed E-state index contributed by atoms with van der Waals surface area (Å²) < 4.78 is 22.6. The van der Waals surface area contributed by atoms with E-state index < -0.39 is 14.8 Å². The zero-order chi connectivity index (χ0) is 13.8. The van der Waals surface area contributed by atoms with Gasteiger partial charge in [-0.25, -0.2) is 8.42 Å². The zero-order valence-corrected chi connectivity index (χ0v) is 11.2. The lowest BCUT2D eigenvalue weighted by atomic mass is 10.2. The summed E-state index contributed by atoms with van der Waals surface area (Å²) in [5.74, 6) is 0.0409. The average Bonchev–Trinajstić information content (AvgIpc) is 2.28. The molecule has 0 saturated carbocycles. The monoisotopic (exact) mass is 272 g/mol. The molecule has 1 rings (SSSR count). The maximum Gasteiger partial charge on any atom is 0.292 e. The number of anilines is 1. The van der Waals surface area contributed by atoms with E-state index in [1.807, 2.05) is 6.92 Å². The molecule has 0 fully saturated rings. The molecule has 0 unspecified atom stereocenters. The lowest BCUT2D eigenvalue weighted by Crippen LogP contribution is -2.17. The number of rotatable bonds is 6. The molecular formula is C11H16N2O4S. The van der Waals surface area contributed by atoms with Crippen LogP contribution in [0.4, 0.5) is 11.4 Å². The molecule has 0 saturated heterocycles. The molecule has 100 valence electrons. The van der Waals surface area contributed by atoms with Crippen molar-refractivity contribution in [2.24, 2.45) is 0 Å². The SMILES string of the molecule is CCS(=O)(=O)CCNc1cc(C)ccc1[N+](=O)[O-]. The van der Waals surface area contributed by atoms with Crippen molar-refractivity contribution in [1.82, 2.24) is 0 Å². The van der Waals surface area contributed by atoms with Crippen LogP contribution in [0.5, 0.6) is 0 Å². The predicted molar refractivity (Wildman–Crippen MR) is 70.7 cm³/mol. The van der Waals surface area contributed by atoms with Gasteiger partial charge in [0, 0.05) is 18.4 Å². The highest BCUT2D eigenvalue weighted by Gasteiger charge is 2.14. The van der Waals surface area contributed by atoms with Crippen LogP contribution in [0.1, 0.15) is 12.5 Å². The van der Waals surface area contributed by atoms with Crippen molar-refractivity contribution in [2.75, 3.05) is 23.4 Å². The summed E-state index contributed by atoms with van der Waals surface area (Å²) in [6.07, 6.45) is 0. The van der Waals surface area contributed by atoms with E-state index in [1.54, 1.807) is 19.1 Å². The van der Waals surface area contributed by atoms with Crippen LogP contribution < -0.4 is 5.32 Å². The Labute approximate surface area is 106 Å². The van der Waals surface area contributed by atoms with Gasteiger partial charge in [0.15, 0.2) is 9.84 Å². The number of hydrogen-bond acceptors (Lipinski definition) is 5. The Balaban J connectivity index is 2.78. The van der Waals surface area contributed by atoms with Crippen molar-refractivity contribution in [3.63, 3.8) is 0 Å². The standard InChI is InChI=1S/C11H16N2O4S/c1-3-18(16,17)7-6-12-10-8-9(2)4-5-11(10)13(14)15/h4-5,8,12H,3,6-7H2,1-2H3. The van der Waals surface area contributed by atoms with Crippen molar-refractivity contribution in [1.29, 1.82) is 0 Å². The minimum Gasteiger partial charge on any atom is -0.378 e.